The van der Waals surface area contributed by atoms with Crippen molar-refractivity contribution in [1.82, 2.24) is 5.32 Å². The highest BCUT2D eigenvalue weighted by Gasteiger charge is 2.38. The Labute approximate surface area is 130 Å². The van der Waals surface area contributed by atoms with Crippen LogP contribution in [0, 0.1) is 0 Å². The molecule has 0 saturated heterocycles. The Morgan fingerprint density at radius 2 is 2.18 bits per heavy atom. The van der Waals surface area contributed by atoms with Crippen LogP contribution >= 0.6 is 0 Å². The van der Waals surface area contributed by atoms with E-state index in [1.165, 1.54) is 6.08 Å². The molecule has 0 saturated carbocycles. The highest BCUT2D eigenvalue weighted by molar-refractivity contribution is 5.71. The number of ether oxygens (including phenoxy) is 1. The summed E-state index contributed by atoms with van der Waals surface area (Å²) < 4.78 is 4.90. The second-order valence-corrected chi connectivity index (χ2v) is 5.60. The molecule has 1 aromatic rings. The number of hydrogen-bond acceptors (Lipinski definition) is 3. The average Bonchev–Trinajstić information content (AvgIpc) is 2.51. The lowest BCUT2D eigenvalue weighted by Crippen LogP contribution is -2.44. The van der Waals surface area contributed by atoms with Crippen LogP contribution in [0.4, 0.5) is 4.79 Å². The van der Waals surface area contributed by atoms with Gasteiger partial charge in [-0.3, -0.25) is 4.79 Å². The third-order valence-electron chi connectivity index (χ3n) is 4.08. The summed E-state index contributed by atoms with van der Waals surface area (Å²) in [5.41, 5.74) is 1.61. The molecule has 0 bridgehead atoms. The van der Waals surface area contributed by atoms with Gasteiger partial charge in [0, 0.05) is 12.0 Å². The molecule has 0 fully saturated rings. The predicted molar refractivity (Wildman–Crippen MR) is 82.9 cm³/mol. The summed E-state index contributed by atoms with van der Waals surface area (Å²) in [6, 6.07) is 7.87. The van der Waals surface area contributed by atoms with E-state index in [2.05, 4.69) is 11.9 Å². The van der Waals surface area contributed by atoms with E-state index >= 15 is 0 Å². The van der Waals surface area contributed by atoms with Gasteiger partial charge in [0.2, 0.25) is 0 Å². The minimum absolute atomic E-state index is 0.00818. The Kier molecular flexibility index (Phi) is 5.20. The van der Waals surface area contributed by atoms with Crippen molar-refractivity contribution in [2.45, 2.75) is 31.1 Å². The summed E-state index contributed by atoms with van der Waals surface area (Å²) in [4.78, 5) is 23.0. The third kappa shape index (κ3) is 3.67. The van der Waals surface area contributed by atoms with E-state index in [1.54, 1.807) is 0 Å². The van der Waals surface area contributed by atoms with E-state index in [-0.39, 0.29) is 19.6 Å². The smallest absolute Gasteiger partial charge is 0.407 e. The molecule has 0 aromatic heterocycles. The Balaban J connectivity index is 2.20. The zero-order chi connectivity index (χ0) is 16.0. The van der Waals surface area contributed by atoms with Gasteiger partial charge in [-0.05, 0) is 30.4 Å². The standard InChI is InChI=1S/C17H21NO4/c1-2-10-22-16(21)18-12-17(11-15(19)20)9-5-7-13-6-3-4-8-14(13)17/h2-4,6,8H,1,5,7,9-12H2,(H,18,21)(H,19,20). The molecule has 0 spiro atoms. The zero-order valence-electron chi connectivity index (χ0n) is 12.5. The van der Waals surface area contributed by atoms with Crippen LogP contribution in [-0.2, 0) is 21.4 Å². The van der Waals surface area contributed by atoms with Crippen molar-refractivity contribution in [3.63, 3.8) is 0 Å². The van der Waals surface area contributed by atoms with Crippen LogP contribution in [0.25, 0.3) is 0 Å². The number of aryl methyl sites for hydroxylation is 1. The van der Waals surface area contributed by atoms with Crippen molar-refractivity contribution in [1.29, 1.82) is 0 Å². The summed E-state index contributed by atoms with van der Waals surface area (Å²) in [6.45, 7) is 3.87. The van der Waals surface area contributed by atoms with Crippen LogP contribution < -0.4 is 5.32 Å². The first kappa shape index (κ1) is 16.1. The molecule has 0 aliphatic heterocycles. The number of aliphatic carboxylic acids is 1. The van der Waals surface area contributed by atoms with Crippen LogP contribution in [0.1, 0.15) is 30.4 Å². The summed E-state index contributed by atoms with van der Waals surface area (Å²) >= 11 is 0. The van der Waals surface area contributed by atoms with E-state index < -0.39 is 17.5 Å². The average molecular weight is 303 g/mol. The van der Waals surface area contributed by atoms with Crippen molar-refractivity contribution < 1.29 is 19.4 Å². The lowest BCUT2D eigenvalue weighted by Gasteiger charge is -2.38. The fourth-order valence-electron chi connectivity index (χ4n) is 3.15. The molecule has 1 unspecified atom stereocenters. The van der Waals surface area contributed by atoms with Crippen LogP contribution in [0.3, 0.4) is 0 Å². The molecule has 1 atom stereocenters. The largest absolute Gasteiger partial charge is 0.481 e. The Hall–Kier alpha value is -2.30. The molecule has 2 N–H and O–H groups in total. The van der Waals surface area contributed by atoms with Gasteiger partial charge in [0.15, 0.2) is 0 Å². The van der Waals surface area contributed by atoms with Gasteiger partial charge in [0.1, 0.15) is 6.61 Å². The molecule has 22 heavy (non-hydrogen) atoms. The second kappa shape index (κ2) is 7.11. The number of carbonyl (C=O) groups excluding carboxylic acids is 1. The first-order valence-electron chi connectivity index (χ1n) is 7.39. The molecule has 2 rings (SSSR count). The number of fused-ring (bicyclic) bond motifs is 1. The van der Waals surface area contributed by atoms with Crippen LogP contribution in [-0.4, -0.2) is 30.3 Å². The number of hydrogen-bond donors (Lipinski definition) is 2. The van der Waals surface area contributed by atoms with Crippen LogP contribution in [0.5, 0.6) is 0 Å². The SMILES string of the molecule is C=CCOC(=O)NCC1(CC(=O)O)CCCc2ccccc21. The fraction of sp³-hybridized carbons (Fsp3) is 0.412. The molecule has 1 aromatic carbocycles. The quantitative estimate of drug-likeness (QED) is 0.792. The number of alkyl carbamates (subject to hydrolysis) is 1. The molecular weight excluding hydrogens is 282 g/mol. The lowest BCUT2D eigenvalue weighted by atomic mass is 9.68. The van der Waals surface area contributed by atoms with Crippen LogP contribution in [0.15, 0.2) is 36.9 Å². The van der Waals surface area contributed by atoms with Gasteiger partial charge in [-0.15, -0.1) is 0 Å². The molecule has 0 radical (unpaired) electrons. The molecule has 118 valence electrons. The summed E-state index contributed by atoms with van der Waals surface area (Å²) in [5.74, 6) is -0.863. The second-order valence-electron chi connectivity index (χ2n) is 5.60. The normalized spacial score (nSPS) is 19.8. The van der Waals surface area contributed by atoms with E-state index in [4.69, 9.17) is 4.74 Å². The maximum absolute atomic E-state index is 11.7. The number of nitrogens with one attached hydrogen (secondary N) is 1. The topological polar surface area (TPSA) is 75.6 Å². The highest BCUT2D eigenvalue weighted by atomic mass is 16.5. The lowest BCUT2D eigenvalue weighted by molar-refractivity contribution is -0.138. The number of carboxylic acids is 1. The van der Waals surface area contributed by atoms with Gasteiger partial charge in [-0.25, -0.2) is 4.79 Å². The molecule has 5 heteroatoms. The van der Waals surface area contributed by atoms with Gasteiger partial charge < -0.3 is 15.2 Å². The first-order valence-corrected chi connectivity index (χ1v) is 7.39. The number of rotatable bonds is 6. The Bertz CT molecular complexity index is 570. The molecular formula is C17H21NO4. The van der Waals surface area contributed by atoms with E-state index in [0.29, 0.717) is 0 Å². The number of amides is 1. The number of carbonyl (C=O) groups is 2. The fourth-order valence-corrected chi connectivity index (χ4v) is 3.15. The van der Waals surface area contributed by atoms with Crippen LogP contribution in [0.2, 0.25) is 0 Å². The predicted octanol–water partition coefficient (Wildman–Crippen LogP) is 2.65. The third-order valence-corrected chi connectivity index (χ3v) is 4.08. The molecule has 5 nitrogen and oxygen atoms in total. The highest BCUT2D eigenvalue weighted by Crippen LogP contribution is 2.39. The molecule has 1 aliphatic rings. The van der Waals surface area contributed by atoms with Crippen molar-refractivity contribution in [3.05, 3.63) is 48.0 Å². The summed E-state index contributed by atoms with van der Waals surface area (Å²) in [5, 5.41) is 12.0. The monoisotopic (exact) mass is 303 g/mol. The van der Waals surface area contributed by atoms with Crippen molar-refractivity contribution in [2.24, 2.45) is 0 Å². The Morgan fingerprint density at radius 1 is 1.41 bits per heavy atom. The summed E-state index contributed by atoms with van der Waals surface area (Å²) in [7, 11) is 0. The maximum atomic E-state index is 11.7. The van der Waals surface area contributed by atoms with E-state index in [9.17, 15) is 14.7 Å². The maximum Gasteiger partial charge on any atom is 0.407 e. The Morgan fingerprint density at radius 3 is 2.91 bits per heavy atom. The van der Waals surface area contributed by atoms with Crippen molar-refractivity contribution in [3.8, 4) is 0 Å². The number of carboxylic acid groups (broad SMARTS) is 1. The zero-order valence-corrected chi connectivity index (χ0v) is 12.5. The van der Waals surface area contributed by atoms with Crippen molar-refractivity contribution >= 4 is 12.1 Å². The molecule has 1 amide bonds. The molecule has 0 heterocycles. The number of benzene rings is 1. The van der Waals surface area contributed by atoms with Crippen molar-refractivity contribution in [2.75, 3.05) is 13.2 Å². The summed E-state index contributed by atoms with van der Waals surface area (Å²) in [6.07, 6.45) is 3.52. The van der Waals surface area contributed by atoms with Gasteiger partial charge in [-0.1, -0.05) is 36.9 Å². The first-order chi connectivity index (χ1) is 10.6. The van der Waals surface area contributed by atoms with E-state index in [1.807, 2.05) is 24.3 Å². The molecule has 1 aliphatic carbocycles. The van der Waals surface area contributed by atoms with Gasteiger partial charge in [-0.2, -0.15) is 0 Å². The van der Waals surface area contributed by atoms with Gasteiger partial charge in [0.25, 0.3) is 0 Å². The van der Waals surface area contributed by atoms with Gasteiger partial charge >= 0.3 is 12.1 Å². The minimum atomic E-state index is -0.863. The van der Waals surface area contributed by atoms with Gasteiger partial charge in [0.05, 0.1) is 6.42 Å². The minimum Gasteiger partial charge on any atom is -0.481 e. The van der Waals surface area contributed by atoms with E-state index in [0.717, 1.165) is 30.4 Å².